The summed E-state index contributed by atoms with van der Waals surface area (Å²) in [6.45, 7) is 6.52. The highest BCUT2D eigenvalue weighted by atomic mass is 19.4. The third-order valence-corrected chi connectivity index (χ3v) is 5.14. The molecule has 2 rings (SSSR count). The summed E-state index contributed by atoms with van der Waals surface area (Å²) in [5.74, 6) is -0.832. The van der Waals surface area contributed by atoms with Crippen LogP contribution in [0.15, 0.2) is 42.5 Å². The van der Waals surface area contributed by atoms with Gasteiger partial charge in [-0.3, -0.25) is 4.79 Å². The Bertz CT molecular complexity index is 884. The van der Waals surface area contributed by atoms with Gasteiger partial charge in [0.15, 0.2) is 6.61 Å². The number of hydrogen-bond acceptors (Lipinski definition) is 3. The van der Waals surface area contributed by atoms with Gasteiger partial charge in [0.1, 0.15) is 11.6 Å². The van der Waals surface area contributed by atoms with E-state index >= 15 is 0 Å². The van der Waals surface area contributed by atoms with E-state index in [4.69, 9.17) is 9.47 Å². The van der Waals surface area contributed by atoms with E-state index in [0.717, 1.165) is 30.5 Å². The molecule has 33 heavy (non-hydrogen) atoms. The maximum Gasteiger partial charge on any atom is 0.416 e. The van der Waals surface area contributed by atoms with Crippen LogP contribution in [-0.4, -0.2) is 36.7 Å². The number of carbonyl (C=O) groups is 1. The fourth-order valence-electron chi connectivity index (χ4n) is 3.33. The minimum Gasteiger partial charge on any atom is -0.484 e. The minimum absolute atomic E-state index is 0.0280. The summed E-state index contributed by atoms with van der Waals surface area (Å²) in [7, 11) is 0. The quantitative estimate of drug-likeness (QED) is 0.357. The summed E-state index contributed by atoms with van der Waals surface area (Å²) in [6, 6.07) is 9.71. The number of hydrogen-bond donors (Lipinski definition) is 0. The first-order valence-electron chi connectivity index (χ1n) is 11.1. The van der Waals surface area contributed by atoms with E-state index in [1.54, 1.807) is 12.1 Å². The summed E-state index contributed by atoms with van der Waals surface area (Å²) < 4.78 is 63.8. The number of halogens is 4. The number of amides is 1. The van der Waals surface area contributed by atoms with Crippen molar-refractivity contribution in [3.8, 4) is 5.75 Å². The zero-order chi connectivity index (χ0) is 24.4. The highest BCUT2D eigenvalue weighted by molar-refractivity contribution is 5.77. The van der Waals surface area contributed by atoms with Gasteiger partial charge in [-0.25, -0.2) is 4.39 Å². The van der Waals surface area contributed by atoms with Gasteiger partial charge in [0.2, 0.25) is 0 Å². The number of rotatable bonds is 12. The Kier molecular flexibility index (Phi) is 10.2. The lowest BCUT2D eigenvalue weighted by Crippen LogP contribution is -2.35. The van der Waals surface area contributed by atoms with Crippen molar-refractivity contribution in [1.29, 1.82) is 0 Å². The van der Waals surface area contributed by atoms with Crippen molar-refractivity contribution in [1.82, 2.24) is 4.90 Å². The normalized spacial score (nSPS) is 12.5. The molecular formula is C25H31F4NO3. The Morgan fingerprint density at radius 1 is 1.09 bits per heavy atom. The van der Waals surface area contributed by atoms with E-state index in [2.05, 4.69) is 0 Å². The summed E-state index contributed by atoms with van der Waals surface area (Å²) in [5.41, 5.74) is 0.0508. The number of carbonyl (C=O) groups excluding carboxylic acids is 1. The van der Waals surface area contributed by atoms with Gasteiger partial charge in [-0.15, -0.1) is 0 Å². The van der Waals surface area contributed by atoms with Crippen molar-refractivity contribution in [2.24, 2.45) is 0 Å². The fourth-order valence-corrected chi connectivity index (χ4v) is 3.33. The van der Waals surface area contributed by atoms with Crippen LogP contribution in [0.4, 0.5) is 17.6 Å². The molecule has 0 aliphatic heterocycles. The monoisotopic (exact) mass is 469 g/mol. The molecule has 0 aliphatic rings. The third kappa shape index (κ3) is 8.68. The predicted molar refractivity (Wildman–Crippen MR) is 118 cm³/mol. The molecule has 2 aromatic carbocycles. The molecule has 2 aromatic rings. The van der Waals surface area contributed by atoms with E-state index in [9.17, 15) is 22.4 Å². The van der Waals surface area contributed by atoms with E-state index in [1.807, 2.05) is 32.9 Å². The molecule has 0 spiro atoms. The average molecular weight is 470 g/mol. The van der Waals surface area contributed by atoms with Gasteiger partial charge >= 0.3 is 6.18 Å². The van der Waals surface area contributed by atoms with Gasteiger partial charge in [-0.1, -0.05) is 31.5 Å². The molecule has 1 atom stereocenters. The predicted octanol–water partition coefficient (Wildman–Crippen LogP) is 6.02. The second-order valence-electron chi connectivity index (χ2n) is 7.88. The van der Waals surface area contributed by atoms with Crippen LogP contribution < -0.4 is 4.74 Å². The molecule has 0 bridgehead atoms. The SMILES string of the molecule is CCCCN(Cc1ccc(C(F)(F)F)cc1F)C(=O)COc1ccc(C[C@H](C)OCC)cc1. The first-order chi connectivity index (χ1) is 15.6. The maximum absolute atomic E-state index is 14.3. The van der Waals surface area contributed by atoms with Crippen LogP contribution >= 0.6 is 0 Å². The zero-order valence-corrected chi connectivity index (χ0v) is 19.3. The first kappa shape index (κ1) is 26.6. The number of alkyl halides is 3. The Morgan fingerprint density at radius 3 is 2.36 bits per heavy atom. The number of unbranched alkanes of at least 4 members (excludes halogenated alkanes) is 1. The fraction of sp³-hybridized carbons (Fsp3) is 0.480. The van der Waals surface area contributed by atoms with Gasteiger partial charge < -0.3 is 14.4 Å². The van der Waals surface area contributed by atoms with Crippen molar-refractivity contribution >= 4 is 5.91 Å². The largest absolute Gasteiger partial charge is 0.484 e. The second-order valence-corrected chi connectivity index (χ2v) is 7.88. The topological polar surface area (TPSA) is 38.8 Å². The molecule has 0 radical (unpaired) electrons. The lowest BCUT2D eigenvalue weighted by atomic mass is 10.1. The molecule has 4 nitrogen and oxygen atoms in total. The van der Waals surface area contributed by atoms with E-state index in [0.29, 0.717) is 31.4 Å². The summed E-state index contributed by atoms with van der Waals surface area (Å²) in [6.07, 6.45) is -2.28. The molecule has 0 saturated carbocycles. The number of nitrogens with zero attached hydrogens (tertiary/aromatic N) is 1. The van der Waals surface area contributed by atoms with Crippen molar-refractivity contribution in [2.45, 2.75) is 58.9 Å². The third-order valence-electron chi connectivity index (χ3n) is 5.14. The molecule has 0 heterocycles. The van der Waals surface area contributed by atoms with Crippen molar-refractivity contribution in [3.63, 3.8) is 0 Å². The lowest BCUT2D eigenvalue weighted by molar-refractivity contribution is -0.138. The Morgan fingerprint density at radius 2 is 1.79 bits per heavy atom. The molecular weight excluding hydrogens is 438 g/mol. The maximum atomic E-state index is 14.3. The van der Waals surface area contributed by atoms with E-state index < -0.39 is 17.6 Å². The molecule has 8 heteroatoms. The molecule has 1 amide bonds. The van der Waals surface area contributed by atoms with Gasteiger partial charge in [-0.2, -0.15) is 13.2 Å². The van der Waals surface area contributed by atoms with E-state index in [1.165, 1.54) is 4.90 Å². The minimum atomic E-state index is -4.62. The van der Waals surface area contributed by atoms with Gasteiger partial charge in [0, 0.05) is 25.3 Å². The summed E-state index contributed by atoms with van der Waals surface area (Å²) in [4.78, 5) is 14.1. The van der Waals surface area contributed by atoms with Gasteiger partial charge in [0.25, 0.3) is 5.91 Å². The van der Waals surface area contributed by atoms with Crippen LogP contribution in [0, 0.1) is 5.82 Å². The van der Waals surface area contributed by atoms with Crippen LogP contribution in [0.25, 0.3) is 0 Å². The second kappa shape index (κ2) is 12.6. The van der Waals surface area contributed by atoms with Crippen LogP contribution in [0.2, 0.25) is 0 Å². The lowest BCUT2D eigenvalue weighted by Gasteiger charge is -2.23. The smallest absolute Gasteiger partial charge is 0.416 e. The van der Waals surface area contributed by atoms with Crippen molar-refractivity contribution in [2.75, 3.05) is 19.8 Å². The molecule has 0 N–H and O–H groups in total. The molecule has 0 saturated heterocycles. The highest BCUT2D eigenvalue weighted by Gasteiger charge is 2.31. The Hall–Kier alpha value is -2.61. The van der Waals surface area contributed by atoms with Gasteiger partial charge in [-0.05, 0) is 56.5 Å². The number of ether oxygens (including phenoxy) is 2. The van der Waals surface area contributed by atoms with Gasteiger partial charge in [0.05, 0.1) is 11.7 Å². The summed E-state index contributed by atoms with van der Waals surface area (Å²) >= 11 is 0. The van der Waals surface area contributed by atoms with Crippen LogP contribution in [-0.2, 0) is 28.7 Å². The zero-order valence-electron chi connectivity index (χ0n) is 19.3. The van der Waals surface area contributed by atoms with Crippen molar-refractivity contribution < 1.29 is 31.8 Å². The van der Waals surface area contributed by atoms with E-state index in [-0.39, 0.29) is 30.7 Å². The Balaban J connectivity index is 2.00. The highest BCUT2D eigenvalue weighted by Crippen LogP contribution is 2.30. The number of benzene rings is 2. The molecule has 0 aliphatic carbocycles. The standard InChI is InChI=1S/C25H31F4NO3/c1-4-6-13-30(16-20-9-10-21(15-23(20)26)25(27,28)29)24(31)17-33-22-11-7-19(8-12-22)14-18(3)32-5-2/h7-12,15,18H,4-6,13-14,16-17H2,1-3H3/t18-/m0/s1. The Labute approximate surface area is 192 Å². The molecule has 182 valence electrons. The average Bonchev–Trinajstić information content (AvgIpc) is 2.76. The molecule has 0 unspecified atom stereocenters. The first-order valence-corrected chi connectivity index (χ1v) is 11.1. The van der Waals surface area contributed by atoms with Crippen LogP contribution in [0.5, 0.6) is 5.75 Å². The summed E-state index contributed by atoms with van der Waals surface area (Å²) in [5, 5.41) is 0. The van der Waals surface area contributed by atoms with Crippen LogP contribution in [0.3, 0.4) is 0 Å². The molecule has 0 fully saturated rings. The molecule has 0 aromatic heterocycles. The van der Waals surface area contributed by atoms with Crippen LogP contribution in [0.1, 0.15) is 50.3 Å². The van der Waals surface area contributed by atoms with Crippen molar-refractivity contribution in [3.05, 3.63) is 65.0 Å².